The third-order valence-electron chi connectivity index (χ3n) is 3.48. The molecule has 0 aliphatic carbocycles. The molecule has 4 nitrogen and oxygen atoms in total. The maximum atomic E-state index is 13.3. The number of carbonyl (C=O) groups is 2. The Bertz CT molecular complexity index is 652. The summed E-state index contributed by atoms with van der Waals surface area (Å²) in [5.41, 5.74) is 0.251. The molecule has 0 fully saturated rings. The number of halogens is 1. The average molecular weight is 362 g/mol. The van der Waals surface area contributed by atoms with Gasteiger partial charge in [-0.3, -0.25) is 0 Å². The molecule has 96 valence electrons. The van der Waals surface area contributed by atoms with Crippen molar-refractivity contribution in [2.24, 2.45) is 12.5 Å². The second-order valence-corrected chi connectivity index (χ2v) is 12.2. The van der Waals surface area contributed by atoms with Crippen LogP contribution in [0.1, 0.15) is 25.2 Å². The first kappa shape index (κ1) is 14.1. The molecule has 2 heterocycles. The topological polar surface area (TPSA) is 62.9 Å². The molecule has 1 aliphatic rings. The van der Waals surface area contributed by atoms with Crippen molar-refractivity contribution >= 4 is 32.1 Å². The molecule has 6 heteroatoms. The van der Waals surface area contributed by atoms with Crippen molar-refractivity contribution in [3.05, 3.63) is 29.6 Å². The second-order valence-electron chi connectivity index (χ2n) is 5.20. The van der Waals surface area contributed by atoms with E-state index in [0.29, 0.717) is 14.7 Å². The van der Waals surface area contributed by atoms with Gasteiger partial charge < -0.3 is 0 Å². The van der Waals surface area contributed by atoms with Crippen molar-refractivity contribution in [3.63, 3.8) is 0 Å². The van der Waals surface area contributed by atoms with Gasteiger partial charge in [-0.2, -0.15) is 0 Å². The summed E-state index contributed by atoms with van der Waals surface area (Å²) in [6, 6.07) is 5.29. The fourth-order valence-corrected chi connectivity index (χ4v) is 10.2. The predicted molar refractivity (Wildman–Crippen MR) is 69.2 cm³/mol. The standard InChI is InChI=1S/C12H12N2O.CFO.In/c1-12(2,9-15)7-6-10-4-5-11(8-13)14(10)3;2-1-3;/h4-5,7H,1-3H3;;. The zero-order valence-electron chi connectivity index (χ0n) is 10.9. The third kappa shape index (κ3) is 2.16. The number of hydrogen-bond acceptors (Lipinski definition) is 3. The zero-order valence-corrected chi connectivity index (χ0v) is 14.2. The molecule has 0 saturated carbocycles. The normalized spacial score (nSPS) is 17.3. The average Bonchev–Trinajstić information content (AvgIpc) is 2.78. The first-order chi connectivity index (χ1) is 8.79. The van der Waals surface area contributed by atoms with Crippen LogP contribution in [-0.4, -0.2) is 33.3 Å². The summed E-state index contributed by atoms with van der Waals surface area (Å²) in [6.45, 7) is 3.40. The predicted octanol–water partition coefficient (Wildman–Crippen LogP) is 2.13. The van der Waals surface area contributed by atoms with E-state index in [0.717, 1.165) is 0 Å². The van der Waals surface area contributed by atoms with Gasteiger partial charge in [0.25, 0.3) is 0 Å². The van der Waals surface area contributed by atoms with Crippen molar-refractivity contribution in [3.8, 4) is 6.07 Å². The number of hydrogen-bond donors (Lipinski definition) is 0. The Balaban J connectivity index is 2.60. The molecule has 0 saturated heterocycles. The molecule has 2 rings (SSSR count). The van der Waals surface area contributed by atoms with E-state index in [1.807, 2.05) is 6.07 Å². The number of allylic oxidation sites excluding steroid dienone is 1. The summed E-state index contributed by atoms with van der Waals surface area (Å²) in [5, 5.41) is 8.92. The summed E-state index contributed by atoms with van der Waals surface area (Å²) in [7, 11) is 1.68. The number of rotatable bonds is 2. The van der Waals surface area contributed by atoms with Crippen LogP contribution < -0.4 is 0 Å². The van der Waals surface area contributed by atoms with Gasteiger partial charge in [-0.15, -0.1) is 0 Å². The van der Waals surface area contributed by atoms with Gasteiger partial charge in [0.2, 0.25) is 0 Å². The van der Waals surface area contributed by atoms with E-state index in [2.05, 4.69) is 0 Å². The van der Waals surface area contributed by atoms with E-state index in [-0.39, 0.29) is 3.54 Å². The molecule has 0 spiro atoms. The fraction of sp³-hybridized carbons (Fsp3) is 0.308. The first-order valence-electron chi connectivity index (χ1n) is 5.82. The zero-order chi connectivity index (χ0) is 14.4. The number of nitrogens with zero attached hydrogens (tertiary/aromatic N) is 2. The Morgan fingerprint density at radius 2 is 2.11 bits per heavy atom. The van der Waals surface area contributed by atoms with Crippen LogP contribution in [0.25, 0.3) is 3.33 Å². The Morgan fingerprint density at radius 1 is 1.47 bits per heavy atom. The van der Waals surface area contributed by atoms with Crippen LogP contribution in [0.4, 0.5) is 9.18 Å². The Hall–Kier alpha value is -1.35. The van der Waals surface area contributed by atoms with Gasteiger partial charge >= 0.3 is 118 Å². The molecule has 0 N–H and O–H groups in total. The van der Waals surface area contributed by atoms with Crippen molar-refractivity contribution in [1.29, 1.82) is 5.26 Å². The van der Waals surface area contributed by atoms with Gasteiger partial charge in [-0.1, -0.05) is 0 Å². The van der Waals surface area contributed by atoms with Gasteiger partial charge in [0.05, 0.1) is 0 Å². The monoisotopic (exact) mass is 362 g/mol. The molecule has 0 amide bonds. The van der Waals surface area contributed by atoms with Gasteiger partial charge in [-0.05, 0) is 0 Å². The number of carbonyl (C=O) groups excluding carboxylic acids is 2. The van der Waals surface area contributed by atoms with E-state index in [4.69, 9.17) is 5.26 Å². The molecule has 1 aliphatic heterocycles. The van der Waals surface area contributed by atoms with Crippen LogP contribution in [0.3, 0.4) is 0 Å². The minimum absolute atomic E-state index is 0.239. The summed E-state index contributed by atoms with van der Waals surface area (Å²) >= 11 is -3.76. The number of nitriles is 1. The van der Waals surface area contributed by atoms with Crippen LogP contribution in [0.5, 0.6) is 0 Å². The molecule has 0 unspecified atom stereocenters. The number of aromatic nitrogens is 1. The van der Waals surface area contributed by atoms with Crippen LogP contribution in [0.15, 0.2) is 18.2 Å². The van der Waals surface area contributed by atoms with Crippen molar-refractivity contribution in [1.82, 2.24) is 4.57 Å². The minimum atomic E-state index is -3.76. The third-order valence-corrected chi connectivity index (χ3v) is 11.5. The molecule has 0 bridgehead atoms. The SMILES string of the molecule is Cn1c(C#N)ccc1[C]1=CC(C)(C)[C](=O)[In]1[C](=O)F. The molecule has 1 aromatic heterocycles. The van der Waals surface area contributed by atoms with Crippen molar-refractivity contribution < 1.29 is 14.0 Å². The molecule has 0 atom stereocenters. The molecule has 19 heavy (non-hydrogen) atoms. The van der Waals surface area contributed by atoms with E-state index in [9.17, 15) is 14.0 Å². The van der Waals surface area contributed by atoms with Gasteiger partial charge in [-0.25, -0.2) is 0 Å². The molecular weight excluding hydrogens is 350 g/mol. The fourth-order valence-electron chi connectivity index (χ4n) is 2.42. The van der Waals surface area contributed by atoms with Gasteiger partial charge in [0, 0.05) is 0 Å². The van der Waals surface area contributed by atoms with E-state index in [1.165, 1.54) is 0 Å². The first-order valence-corrected chi connectivity index (χ1v) is 10.8. The van der Waals surface area contributed by atoms with Gasteiger partial charge in [0.15, 0.2) is 0 Å². The summed E-state index contributed by atoms with van der Waals surface area (Å²) in [5.74, 6) is 0. The Kier molecular flexibility index (Phi) is 3.43. The van der Waals surface area contributed by atoms with Crippen molar-refractivity contribution in [2.45, 2.75) is 13.8 Å². The van der Waals surface area contributed by atoms with Crippen LogP contribution in [-0.2, 0) is 11.8 Å². The summed E-state index contributed by atoms with van der Waals surface area (Å²) in [4.78, 5) is 23.4. The quantitative estimate of drug-likeness (QED) is 0.758. The van der Waals surface area contributed by atoms with Gasteiger partial charge in [0.1, 0.15) is 0 Å². The molecule has 0 radical (unpaired) electrons. The van der Waals surface area contributed by atoms with E-state index < -0.39 is 30.6 Å². The molecule has 0 aromatic carbocycles. The van der Waals surface area contributed by atoms with E-state index in [1.54, 1.807) is 43.7 Å². The summed E-state index contributed by atoms with van der Waals surface area (Å²) in [6.07, 6.45) is 1.70. The Labute approximate surface area is 118 Å². The second kappa shape index (κ2) is 4.64. The van der Waals surface area contributed by atoms with Crippen LogP contribution >= 0.6 is 0 Å². The van der Waals surface area contributed by atoms with E-state index >= 15 is 0 Å². The Morgan fingerprint density at radius 3 is 2.58 bits per heavy atom. The summed E-state index contributed by atoms with van der Waals surface area (Å²) < 4.78 is 13.7. The molecular formula is C13H12FInN2O2. The van der Waals surface area contributed by atoms with Crippen LogP contribution in [0.2, 0.25) is 0 Å². The molecule has 1 aromatic rings. The van der Waals surface area contributed by atoms with Crippen LogP contribution in [0, 0.1) is 16.7 Å². The van der Waals surface area contributed by atoms with Crippen molar-refractivity contribution in [2.75, 3.05) is 0 Å². The maximum absolute atomic E-state index is 13.3.